The van der Waals surface area contributed by atoms with Crippen molar-refractivity contribution in [3.05, 3.63) is 0 Å². The van der Waals surface area contributed by atoms with E-state index in [9.17, 15) is 4.79 Å². The van der Waals surface area contributed by atoms with Crippen LogP contribution < -0.4 is 5.73 Å². The topological polar surface area (TPSA) is 52.3 Å². The second kappa shape index (κ2) is 5.23. The molecule has 0 heterocycles. The highest BCUT2D eigenvalue weighted by Gasteiger charge is 2.01. The summed E-state index contributed by atoms with van der Waals surface area (Å²) in [6, 6.07) is -0.0548. The van der Waals surface area contributed by atoms with Crippen LogP contribution in [-0.2, 0) is 9.53 Å². The Morgan fingerprint density at radius 1 is 1.70 bits per heavy atom. The summed E-state index contributed by atoms with van der Waals surface area (Å²) in [5.74, 6) is -0.153. The van der Waals surface area contributed by atoms with Crippen molar-refractivity contribution in [2.24, 2.45) is 5.73 Å². The second-order valence-electron chi connectivity index (χ2n) is 2.41. The van der Waals surface area contributed by atoms with Crippen LogP contribution in [0, 0.1) is 0 Å². The Bertz CT molecular complexity index is 102. The molecule has 0 saturated carbocycles. The molecule has 0 aliphatic rings. The molecule has 0 aromatic carbocycles. The Labute approximate surface area is 61.5 Å². The molecule has 3 heteroatoms. The lowest BCUT2D eigenvalue weighted by Gasteiger charge is -2.05. The minimum Gasteiger partial charge on any atom is -0.464 e. The average molecular weight is 145 g/mol. The third-order valence-electron chi connectivity index (χ3n) is 0.961. The van der Waals surface area contributed by atoms with Gasteiger partial charge in [-0.1, -0.05) is 6.92 Å². The molecule has 1 atom stereocenters. The Balaban J connectivity index is 3.22. The normalized spacial score (nSPS) is 12.7. The molecule has 3 nitrogen and oxygen atoms in total. The molecule has 0 saturated heterocycles. The zero-order chi connectivity index (χ0) is 7.98. The number of esters is 1. The monoisotopic (exact) mass is 145 g/mol. The van der Waals surface area contributed by atoms with Gasteiger partial charge in [0.15, 0.2) is 0 Å². The number of nitrogens with two attached hydrogens (primary N) is 1. The highest BCUT2D eigenvalue weighted by Crippen LogP contribution is 1.91. The fourth-order valence-electron chi connectivity index (χ4n) is 0.501. The van der Waals surface area contributed by atoms with Crippen molar-refractivity contribution in [1.29, 1.82) is 0 Å². The fourth-order valence-corrected chi connectivity index (χ4v) is 0.501. The van der Waals surface area contributed by atoms with Crippen LogP contribution in [-0.4, -0.2) is 18.6 Å². The predicted molar refractivity (Wildman–Crippen MR) is 39.5 cm³/mol. The first-order chi connectivity index (χ1) is 4.66. The molecule has 1 unspecified atom stereocenters. The van der Waals surface area contributed by atoms with Gasteiger partial charge < -0.3 is 10.5 Å². The maximum atomic E-state index is 10.7. The third kappa shape index (κ3) is 5.56. The van der Waals surface area contributed by atoms with Crippen LogP contribution in [0.2, 0.25) is 0 Å². The number of rotatable bonds is 4. The highest BCUT2D eigenvalue weighted by atomic mass is 16.5. The molecule has 0 fully saturated rings. The molecule has 0 radical (unpaired) electrons. The van der Waals surface area contributed by atoms with E-state index in [2.05, 4.69) is 0 Å². The first-order valence-electron chi connectivity index (χ1n) is 3.58. The third-order valence-corrected chi connectivity index (χ3v) is 0.961. The van der Waals surface area contributed by atoms with Gasteiger partial charge in [0.05, 0.1) is 0 Å². The first kappa shape index (κ1) is 9.43. The van der Waals surface area contributed by atoms with Crippen LogP contribution in [0.5, 0.6) is 0 Å². The van der Waals surface area contributed by atoms with E-state index < -0.39 is 0 Å². The smallest absolute Gasteiger partial charge is 0.305 e. The molecule has 2 N–H and O–H groups in total. The average Bonchev–Trinajstić information content (AvgIpc) is 1.85. The van der Waals surface area contributed by atoms with Gasteiger partial charge in [0.2, 0.25) is 0 Å². The number of carbonyl (C=O) groups excluding carboxylic acids is 1. The molecule has 0 rings (SSSR count). The minimum atomic E-state index is -0.153. The molecule has 60 valence electrons. The van der Waals surface area contributed by atoms with E-state index in [1.165, 1.54) is 0 Å². The maximum absolute atomic E-state index is 10.7. The van der Waals surface area contributed by atoms with Gasteiger partial charge in [-0.2, -0.15) is 0 Å². The van der Waals surface area contributed by atoms with Crippen LogP contribution in [0.4, 0.5) is 0 Å². The van der Waals surface area contributed by atoms with E-state index in [0.29, 0.717) is 13.0 Å². The van der Waals surface area contributed by atoms with Gasteiger partial charge in [0.25, 0.3) is 0 Å². The van der Waals surface area contributed by atoms with E-state index in [-0.39, 0.29) is 12.0 Å². The second-order valence-corrected chi connectivity index (χ2v) is 2.41. The van der Waals surface area contributed by atoms with Crippen molar-refractivity contribution in [1.82, 2.24) is 0 Å². The highest BCUT2D eigenvalue weighted by molar-refractivity contribution is 5.69. The number of hydrogen-bond donors (Lipinski definition) is 1. The molecule has 0 amide bonds. The summed E-state index contributed by atoms with van der Waals surface area (Å²) in [5, 5.41) is 0. The molecule has 0 aliphatic heterocycles. The molecular weight excluding hydrogens is 130 g/mol. The quantitative estimate of drug-likeness (QED) is 0.592. The van der Waals surface area contributed by atoms with Crippen molar-refractivity contribution in [3.63, 3.8) is 0 Å². The summed E-state index contributed by atoms with van der Waals surface area (Å²) in [4.78, 5) is 10.7. The van der Waals surface area contributed by atoms with Crippen molar-refractivity contribution >= 4 is 5.97 Å². The molecule has 0 spiro atoms. The SMILES string of the molecule is CCCC(=O)OCC(C)N. The number of carbonyl (C=O) groups is 1. The zero-order valence-electron chi connectivity index (χ0n) is 6.59. The number of ether oxygens (including phenoxy) is 1. The van der Waals surface area contributed by atoms with Crippen LogP contribution >= 0.6 is 0 Å². The van der Waals surface area contributed by atoms with Crippen LogP contribution in [0.25, 0.3) is 0 Å². The summed E-state index contributed by atoms with van der Waals surface area (Å²) in [6.07, 6.45) is 1.32. The van der Waals surface area contributed by atoms with E-state index in [1.54, 1.807) is 6.92 Å². The summed E-state index contributed by atoms with van der Waals surface area (Å²) < 4.78 is 4.78. The van der Waals surface area contributed by atoms with Gasteiger partial charge in [-0.25, -0.2) is 0 Å². The maximum Gasteiger partial charge on any atom is 0.305 e. The molecule has 0 aliphatic carbocycles. The molecule has 10 heavy (non-hydrogen) atoms. The van der Waals surface area contributed by atoms with Gasteiger partial charge in [-0.3, -0.25) is 4.79 Å². The Morgan fingerprint density at radius 2 is 2.30 bits per heavy atom. The van der Waals surface area contributed by atoms with Crippen LogP contribution in [0.1, 0.15) is 26.7 Å². The predicted octanol–water partition coefficient (Wildman–Crippen LogP) is 0.677. The van der Waals surface area contributed by atoms with Crippen molar-refractivity contribution in [2.45, 2.75) is 32.7 Å². The van der Waals surface area contributed by atoms with E-state index in [4.69, 9.17) is 10.5 Å². The van der Waals surface area contributed by atoms with Crippen LogP contribution in [0.3, 0.4) is 0 Å². The van der Waals surface area contributed by atoms with Crippen molar-refractivity contribution in [3.8, 4) is 0 Å². The van der Waals surface area contributed by atoms with Gasteiger partial charge in [-0.05, 0) is 13.3 Å². The molecular formula is C7H15NO2. The lowest BCUT2D eigenvalue weighted by Crippen LogP contribution is -2.23. The first-order valence-corrected chi connectivity index (χ1v) is 3.58. The molecule has 0 aromatic heterocycles. The summed E-state index contributed by atoms with van der Waals surface area (Å²) in [5.41, 5.74) is 5.36. The Morgan fingerprint density at radius 3 is 2.70 bits per heavy atom. The number of hydrogen-bond acceptors (Lipinski definition) is 3. The Hall–Kier alpha value is -0.570. The van der Waals surface area contributed by atoms with E-state index in [0.717, 1.165) is 6.42 Å². The molecule has 0 aromatic rings. The van der Waals surface area contributed by atoms with Gasteiger partial charge in [0, 0.05) is 12.5 Å². The summed E-state index contributed by atoms with van der Waals surface area (Å²) in [7, 11) is 0. The largest absolute Gasteiger partial charge is 0.464 e. The standard InChI is InChI=1S/C7H15NO2/c1-3-4-7(9)10-5-6(2)8/h6H,3-5,8H2,1-2H3. The molecule has 0 bridgehead atoms. The van der Waals surface area contributed by atoms with E-state index >= 15 is 0 Å². The van der Waals surface area contributed by atoms with Gasteiger partial charge in [0.1, 0.15) is 6.61 Å². The Kier molecular flexibility index (Phi) is 4.94. The minimum absolute atomic E-state index is 0.0548. The fraction of sp³-hybridized carbons (Fsp3) is 0.857. The lowest BCUT2D eigenvalue weighted by molar-refractivity contribution is -0.144. The lowest BCUT2D eigenvalue weighted by atomic mass is 10.3. The van der Waals surface area contributed by atoms with Crippen molar-refractivity contribution in [2.75, 3.05) is 6.61 Å². The van der Waals surface area contributed by atoms with Crippen LogP contribution in [0.15, 0.2) is 0 Å². The van der Waals surface area contributed by atoms with E-state index in [1.807, 2.05) is 6.92 Å². The van der Waals surface area contributed by atoms with Gasteiger partial charge in [-0.15, -0.1) is 0 Å². The van der Waals surface area contributed by atoms with Crippen molar-refractivity contribution < 1.29 is 9.53 Å². The summed E-state index contributed by atoms with van der Waals surface area (Å²) >= 11 is 0. The zero-order valence-corrected chi connectivity index (χ0v) is 6.59. The summed E-state index contributed by atoms with van der Waals surface area (Å²) in [6.45, 7) is 4.07. The van der Waals surface area contributed by atoms with Gasteiger partial charge >= 0.3 is 5.97 Å².